The van der Waals surface area contributed by atoms with E-state index in [2.05, 4.69) is 4.72 Å². The molecule has 0 aliphatic heterocycles. The van der Waals surface area contributed by atoms with Gasteiger partial charge in [-0.25, -0.2) is 8.42 Å². The lowest BCUT2D eigenvalue weighted by atomic mass is 10.0. The molecule has 21 heavy (non-hydrogen) atoms. The number of hydrogen-bond donors (Lipinski definition) is 1. The van der Waals surface area contributed by atoms with E-state index >= 15 is 0 Å². The first-order valence-corrected chi connectivity index (χ1v) is 8.06. The van der Waals surface area contributed by atoms with E-state index in [9.17, 15) is 18.5 Å². The molecule has 0 unspecified atom stereocenters. The maximum absolute atomic E-state index is 11.3. The molecule has 0 bridgehead atoms. The minimum atomic E-state index is -3.64. The maximum Gasteiger partial charge on any atom is 0.312 e. The Balaban J connectivity index is 2.64. The molecule has 0 fully saturated rings. The summed E-state index contributed by atoms with van der Waals surface area (Å²) in [7, 11) is -3.64. The van der Waals surface area contributed by atoms with Gasteiger partial charge in [-0.05, 0) is 11.6 Å². The SMILES string of the molecule is CS(=O)(=O)Nc1ccc(-c2ccccc2)c(Cl)c1[N+](=O)[O-]. The number of nitro benzene ring substituents is 1. The number of hydrogen-bond acceptors (Lipinski definition) is 4. The van der Waals surface area contributed by atoms with Gasteiger partial charge in [-0.2, -0.15) is 0 Å². The van der Waals surface area contributed by atoms with Crippen molar-refractivity contribution >= 4 is 33.0 Å². The minimum absolute atomic E-state index is 0.111. The first kappa shape index (κ1) is 15.3. The van der Waals surface area contributed by atoms with Gasteiger partial charge in [-0.15, -0.1) is 0 Å². The van der Waals surface area contributed by atoms with E-state index in [1.807, 2.05) is 6.07 Å². The molecule has 0 saturated carbocycles. The zero-order chi connectivity index (χ0) is 15.6. The van der Waals surface area contributed by atoms with Crippen molar-refractivity contribution in [1.29, 1.82) is 0 Å². The highest BCUT2D eigenvalue weighted by Gasteiger charge is 2.24. The number of nitrogens with one attached hydrogen (secondary N) is 1. The molecule has 0 atom stereocenters. The van der Waals surface area contributed by atoms with Crippen LogP contribution in [0.4, 0.5) is 11.4 Å². The Morgan fingerprint density at radius 2 is 1.76 bits per heavy atom. The molecule has 0 saturated heterocycles. The molecule has 1 N–H and O–H groups in total. The fourth-order valence-electron chi connectivity index (χ4n) is 1.87. The van der Waals surface area contributed by atoms with Crippen molar-refractivity contribution in [3.63, 3.8) is 0 Å². The summed E-state index contributed by atoms with van der Waals surface area (Å²) in [6, 6.07) is 11.8. The van der Waals surface area contributed by atoms with Gasteiger partial charge >= 0.3 is 5.69 Å². The quantitative estimate of drug-likeness (QED) is 0.689. The van der Waals surface area contributed by atoms with Crippen LogP contribution in [0.3, 0.4) is 0 Å². The Morgan fingerprint density at radius 1 is 1.14 bits per heavy atom. The second kappa shape index (κ2) is 5.71. The molecule has 0 aliphatic rings. The Bertz CT molecular complexity index is 791. The Morgan fingerprint density at radius 3 is 2.29 bits per heavy atom. The summed E-state index contributed by atoms with van der Waals surface area (Å²) in [4.78, 5) is 10.5. The summed E-state index contributed by atoms with van der Waals surface area (Å²) >= 11 is 6.10. The van der Waals surface area contributed by atoms with Gasteiger partial charge in [0.2, 0.25) is 10.0 Å². The van der Waals surface area contributed by atoms with Gasteiger partial charge in [0.05, 0.1) is 11.2 Å². The van der Waals surface area contributed by atoms with Gasteiger partial charge in [0.1, 0.15) is 10.7 Å². The lowest BCUT2D eigenvalue weighted by Crippen LogP contribution is -2.11. The monoisotopic (exact) mass is 326 g/mol. The third kappa shape index (κ3) is 3.50. The summed E-state index contributed by atoms with van der Waals surface area (Å²) < 4.78 is 24.6. The van der Waals surface area contributed by atoms with Gasteiger partial charge in [0.25, 0.3) is 0 Å². The fraction of sp³-hybridized carbons (Fsp3) is 0.0769. The van der Waals surface area contributed by atoms with Crippen LogP contribution in [0, 0.1) is 10.1 Å². The molecule has 0 aromatic heterocycles. The Hall–Kier alpha value is -2.12. The topological polar surface area (TPSA) is 89.3 Å². The van der Waals surface area contributed by atoms with Crippen molar-refractivity contribution in [2.75, 3.05) is 11.0 Å². The molecule has 0 heterocycles. The number of nitrogens with zero attached hydrogens (tertiary/aromatic N) is 1. The summed E-state index contributed by atoms with van der Waals surface area (Å²) in [5, 5.41) is 11.1. The Labute approximate surface area is 126 Å². The third-order valence-electron chi connectivity index (χ3n) is 2.68. The average Bonchev–Trinajstić information content (AvgIpc) is 2.37. The highest BCUT2D eigenvalue weighted by Crippen LogP contribution is 2.40. The fourth-order valence-corrected chi connectivity index (χ4v) is 2.77. The van der Waals surface area contributed by atoms with Crippen molar-refractivity contribution in [2.45, 2.75) is 0 Å². The summed E-state index contributed by atoms with van der Waals surface area (Å²) in [5.41, 5.74) is 0.537. The standard InChI is InChI=1S/C13H11ClN2O4S/c1-21(19,20)15-11-8-7-10(9-5-3-2-4-6-9)12(14)13(11)16(17)18/h2-8,15H,1H3. The summed E-state index contributed by atoms with van der Waals surface area (Å²) in [6.07, 6.45) is 0.912. The largest absolute Gasteiger partial charge is 0.312 e. The number of anilines is 1. The minimum Gasteiger partial charge on any atom is -0.277 e. The number of benzene rings is 2. The number of halogens is 1. The molecular formula is C13H11ClN2O4S. The lowest BCUT2D eigenvalue weighted by molar-refractivity contribution is -0.383. The van der Waals surface area contributed by atoms with Crippen LogP contribution < -0.4 is 4.72 Å². The first-order chi connectivity index (χ1) is 9.79. The van der Waals surface area contributed by atoms with E-state index in [1.54, 1.807) is 24.3 Å². The number of sulfonamides is 1. The predicted molar refractivity (Wildman–Crippen MR) is 82.0 cm³/mol. The van der Waals surface area contributed by atoms with Crippen LogP contribution in [0.1, 0.15) is 0 Å². The molecule has 8 heteroatoms. The predicted octanol–water partition coefficient (Wildman–Crippen LogP) is 3.29. The van der Waals surface area contributed by atoms with Crippen molar-refractivity contribution in [2.24, 2.45) is 0 Å². The zero-order valence-electron chi connectivity index (χ0n) is 10.9. The van der Waals surface area contributed by atoms with Crippen LogP contribution >= 0.6 is 11.6 Å². The smallest absolute Gasteiger partial charge is 0.277 e. The molecule has 0 radical (unpaired) electrons. The Kier molecular flexibility index (Phi) is 4.15. The number of nitro groups is 1. The number of rotatable bonds is 4. The molecule has 2 rings (SSSR count). The summed E-state index contributed by atoms with van der Waals surface area (Å²) in [6.45, 7) is 0. The van der Waals surface area contributed by atoms with E-state index in [-0.39, 0.29) is 10.7 Å². The molecule has 2 aromatic carbocycles. The second-order valence-corrected chi connectivity index (χ2v) is 6.45. The molecular weight excluding hydrogens is 316 g/mol. The van der Waals surface area contributed by atoms with E-state index in [0.717, 1.165) is 6.26 Å². The van der Waals surface area contributed by atoms with Crippen molar-refractivity contribution in [1.82, 2.24) is 0 Å². The normalized spacial score (nSPS) is 11.1. The molecule has 0 aliphatic carbocycles. The van der Waals surface area contributed by atoms with Crippen molar-refractivity contribution in [3.05, 3.63) is 57.6 Å². The van der Waals surface area contributed by atoms with Crippen molar-refractivity contribution in [3.8, 4) is 11.1 Å². The van der Waals surface area contributed by atoms with Crippen LogP contribution in [0.15, 0.2) is 42.5 Å². The van der Waals surface area contributed by atoms with Crippen molar-refractivity contribution < 1.29 is 13.3 Å². The van der Waals surface area contributed by atoms with Gasteiger partial charge in [-0.1, -0.05) is 48.0 Å². The first-order valence-electron chi connectivity index (χ1n) is 5.79. The highest BCUT2D eigenvalue weighted by molar-refractivity contribution is 7.92. The van der Waals surface area contributed by atoms with Crippen LogP contribution in [0.5, 0.6) is 0 Å². The van der Waals surface area contributed by atoms with Crippen LogP contribution in [-0.2, 0) is 10.0 Å². The lowest BCUT2D eigenvalue weighted by Gasteiger charge is -2.10. The van der Waals surface area contributed by atoms with Gasteiger partial charge in [-0.3, -0.25) is 14.8 Å². The molecule has 6 nitrogen and oxygen atoms in total. The maximum atomic E-state index is 11.3. The van der Waals surface area contributed by atoms with Crippen LogP contribution in [0.25, 0.3) is 11.1 Å². The van der Waals surface area contributed by atoms with Gasteiger partial charge < -0.3 is 0 Å². The molecule has 0 amide bonds. The molecule has 0 spiro atoms. The average molecular weight is 327 g/mol. The van der Waals surface area contributed by atoms with Crippen LogP contribution in [-0.4, -0.2) is 19.6 Å². The summed E-state index contributed by atoms with van der Waals surface area (Å²) in [5.74, 6) is 0. The third-order valence-corrected chi connectivity index (χ3v) is 3.65. The molecule has 2 aromatic rings. The van der Waals surface area contributed by atoms with E-state index in [4.69, 9.17) is 11.6 Å². The van der Waals surface area contributed by atoms with Crippen LogP contribution in [0.2, 0.25) is 5.02 Å². The second-order valence-electron chi connectivity index (χ2n) is 4.32. The highest BCUT2D eigenvalue weighted by atomic mass is 35.5. The molecule has 110 valence electrons. The van der Waals surface area contributed by atoms with Gasteiger partial charge in [0.15, 0.2) is 0 Å². The van der Waals surface area contributed by atoms with E-state index in [1.165, 1.54) is 12.1 Å². The zero-order valence-corrected chi connectivity index (χ0v) is 12.5. The van der Waals surface area contributed by atoms with E-state index < -0.39 is 20.6 Å². The van der Waals surface area contributed by atoms with Gasteiger partial charge in [0, 0.05) is 5.56 Å². The van der Waals surface area contributed by atoms with E-state index in [0.29, 0.717) is 11.1 Å².